The van der Waals surface area contributed by atoms with Crippen LogP contribution < -0.4 is 31.6 Å². The average molecular weight is 899 g/mol. The minimum Gasteiger partial charge on any atom is -0.491 e. The molecule has 4 aromatic heterocycles. The van der Waals surface area contributed by atoms with Gasteiger partial charge in [0.1, 0.15) is 45.8 Å². The van der Waals surface area contributed by atoms with Gasteiger partial charge in [-0.2, -0.15) is 10.2 Å². The Morgan fingerprint density at radius 1 is 0.682 bits per heavy atom. The molecule has 2 aromatic carbocycles. The number of primary amides is 2. The molecule has 2 aliphatic heterocycles. The van der Waals surface area contributed by atoms with Crippen molar-refractivity contribution in [2.45, 2.75) is 64.6 Å². The van der Waals surface area contributed by atoms with Crippen LogP contribution in [0, 0.1) is 37.5 Å². The van der Waals surface area contributed by atoms with E-state index in [2.05, 4.69) is 54.8 Å². The molecule has 0 fully saturated rings. The van der Waals surface area contributed by atoms with Crippen molar-refractivity contribution < 1.29 is 47.9 Å². The third-order valence-corrected chi connectivity index (χ3v) is 10.7. The first-order valence-electron chi connectivity index (χ1n) is 20.5. The topological polar surface area (TPSA) is 291 Å². The number of carbonyl (C=O) groups excluding carboxylic acids is 4. The van der Waals surface area contributed by atoms with E-state index in [9.17, 15) is 29.4 Å². The fourth-order valence-electron chi connectivity index (χ4n) is 7.24. The normalized spacial score (nSPS) is 16.2. The maximum Gasteiger partial charge on any atom is 0.270 e. The number of nitrogens with one attached hydrogen (secondary N) is 2. The van der Waals surface area contributed by atoms with E-state index in [1.54, 1.807) is 62.4 Å². The van der Waals surface area contributed by atoms with E-state index in [1.807, 2.05) is 13.8 Å². The molecular weight excluding hydrogens is 853 g/mol. The van der Waals surface area contributed by atoms with Gasteiger partial charge in [-0.15, -0.1) is 0 Å². The highest BCUT2D eigenvalue weighted by atomic mass is 16.5. The summed E-state index contributed by atoms with van der Waals surface area (Å²) in [6.07, 6.45) is 0. The summed E-state index contributed by atoms with van der Waals surface area (Å²) in [4.78, 5) is 49.3. The summed E-state index contributed by atoms with van der Waals surface area (Å²) >= 11 is 0. The van der Waals surface area contributed by atoms with E-state index >= 15 is 0 Å². The maximum atomic E-state index is 12.6. The number of fused-ring (bicyclic) bond motifs is 6. The van der Waals surface area contributed by atoms with Crippen molar-refractivity contribution in [1.29, 1.82) is 0 Å². The number of rotatable bonds is 6. The maximum absolute atomic E-state index is 12.6. The lowest BCUT2D eigenvalue weighted by Gasteiger charge is -2.12. The van der Waals surface area contributed by atoms with Crippen molar-refractivity contribution in [3.63, 3.8) is 0 Å². The summed E-state index contributed by atoms with van der Waals surface area (Å²) in [6, 6.07) is 13.6. The number of carbonyl (C=O) groups is 4. The Hall–Kier alpha value is -8.20. The quantitative estimate of drug-likeness (QED) is 0.131. The molecule has 0 aliphatic carbocycles. The van der Waals surface area contributed by atoms with Gasteiger partial charge in [-0.3, -0.25) is 19.2 Å². The molecule has 8 rings (SSSR count). The van der Waals surface area contributed by atoms with Crippen LogP contribution >= 0.6 is 0 Å². The van der Waals surface area contributed by atoms with Crippen LogP contribution in [0.2, 0.25) is 0 Å². The highest BCUT2D eigenvalue weighted by Crippen LogP contribution is 2.37. The van der Waals surface area contributed by atoms with Crippen LogP contribution in [0.5, 0.6) is 11.5 Å². The van der Waals surface area contributed by atoms with Gasteiger partial charge in [0.25, 0.3) is 23.6 Å². The number of benzene rings is 2. The molecule has 20 heteroatoms. The fraction of sp³-hybridized carbons (Fsp3) is 0.304. The number of aromatic nitrogens is 6. The van der Waals surface area contributed by atoms with Crippen molar-refractivity contribution in [3.8, 4) is 46.6 Å². The zero-order chi connectivity index (χ0) is 47.8. The second-order valence-corrected chi connectivity index (χ2v) is 16.0. The SMILES string of the molecule is CNC(=O)c1c(C(N)=O)nn2c1[C@@H](C)COc1ccc(C#C[C@@](C)(O)c3cc(C)on3)cc1-2.CNC(=O)c1c(C(N)=O)nn2c1[C@H](C)COc1ccc(C#C[C@@](C)(O)c3cc(C)on3)cc1-2. The van der Waals surface area contributed by atoms with Gasteiger partial charge in [0.05, 0.1) is 35.7 Å². The number of hydrogen-bond donors (Lipinski definition) is 6. The smallest absolute Gasteiger partial charge is 0.270 e. The van der Waals surface area contributed by atoms with Gasteiger partial charge >= 0.3 is 0 Å². The second kappa shape index (κ2) is 17.8. The summed E-state index contributed by atoms with van der Waals surface area (Å²) in [5, 5.41) is 42.8. The minimum atomic E-state index is -1.53. The van der Waals surface area contributed by atoms with E-state index in [1.165, 1.54) is 37.3 Å². The molecular formula is C46H46N10O10. The van der Waals surface area contributed by atoms with Crippen molar-refractivity contribution >= 4 is 23.6 Å². The highest BCUT2D eigenvalue weighted by molar-refractivity contribution is 6.07. The van der Waals surface area contributed by atoms with Gasteiger partial charge in [-0.05, 0) is 64.1 Å². The van der Waals surface area contributed by atoms with Gasteiger partial charge in [0, 0.05) is 49.2 Å². The van der Waals surface area contributed by atoms with Crippen LogP contribution in [0.25, 0.3) is 11.4 Å². The van der Waals surface area contributed by atoms with Gasteiger partial charge in [0.2, 0.25) is 0 Å². The van der Waals surface area contributed by atoms with Crippen LogP contribution in [0.1, 0.15) is 127 Å². The van der Waals surface area contributed by atoms with Crippen molar-refractivity contribution in [1.82, 2.24) is 40.5 Å². The number of ether oxygens (including phenoxy) is 2. The Labute approximate surface area is 377 Å². The summed E-state index contributed by atoms with van der Waals surface area (Å²) in [7, 11) is 2.94. The lowest BCUT2D eigenvalue weighted by atomic mass is 10.0. The molecule has 4 atom stereocenters. The largest absolute Gasteiger partial charge is 0.491 e. The molecule has 4 amide bonds. The second-order valence-electron chi connectivity index (χ2n) is 16.0. The Morgan fingerprint density at radius 3 is 1.38 bits per heavy atom. The Balaban J connectivity index is 0.000000196. The first-order valence-corrected chi connectivity index (χ1v) is 20.5. The number of nitrogens with zero attached hydrogens (tertiary/aromatic N) is 6. The molecule has 0 bridgehead atoms. The first kappa shape index (κ1) is 45.8. The van der Waals surface area contributed by atoms with Gasteiger partial charge in [0.15, 0.2) is 22.6 Å². The summed E-state index contributed by atoms with van der Waals surface area (Å²) in [5.41, 5.74) is 11.7. The van der Waals surface area contributed by atoms with Crippen molar-refractivity contribution in [2.24, 2.45) is 11.5 Å². The Bertz CT molecular complexity index is 2850. The lowest BCUT2D eigenvalue weighted by Crippen LogP contribution is -2.25. The number of aryl methyl sites for hydroxylation is 2. The summed E-state index contributed by atoms with van der Waals surface area (Å²) in [5.74, 6) is 10.6. The van der Waals surface area contributed by atoms with Crippen molar-refractivity contribution in [2.75, 3.05) is 27.3 Å². The molecule has 6 aromatic rings. The Morgan fingerprint density at radius 2 is 1.06 bits per heavy atom. The van der Waals surface area contributed by atoms with Crippen LogP contribution in [-0.2, 0) is 11.2 Å². The van der Waals surface area contributed by atoms with Crippen molar-refractivity contribution in [3.05, 3.63) is 116 Å². The Kier molecular flexibility index (Phi) is 12.3. The predicted molar refractivity (Wildman–Crippen MR) is 234 cm³/mol. The zero-order valence-corrected chi connectivity index (χ0v) is 37.2. The van der Waals surface area contributed by atoms with Crippen LogP contribution in [0.4, 0.5) is 0 Å². The molecule has 0 saturated carbocycles. The molecule has 66 heavy (non-hydrogen) atoms. The average Bonchev–Trinajstić information content (AvgIpc) is 4.09. The molecule has 0 spiro atoms. The van der Waals surface area contributed by atoms with E-state index in [0.717, 1.165) is 0 Å². The number of aliphatic hydroxyl groups is 2. The predicted octanol–water partition coefficient (Wildman–Crippen LogP) is 2.76. The number of nitrogens with two attached hydrogens (primary N) is 2. The standard InChI is InChI=1S/2C23H23N5O5/c2*1-12-11-32-16-6-5-14(7-8-23(3,31)17-9-13(2)33-27-17)10-15(16)28-20(12)18(22(30)25-4)19(26-28)21(24)29/h2*5-6,9-10,12,31H,11H2,1-4H3,(H2,24,29)(H,25,30)/t12-,23+;12-,23-/m01/s1. The van der Waals surface area contributed by atoms with Crippen LogP contribution in [-0.4, -0.2) is 91.0 Å². The third kappa shape index (κ3) is 8.82. The molecule has 6 heterocycles. The van der Waals surface area contributed by atoms with Crippen LogP contribution in [0.15, 0.2) is 57.6 Å². The van der Waals surface area contributed by atoms with Gasteiger partial charge in [-0.25, -0.2) is 9.36 Å². The zero-order valence-electron chi connectivity index (χ0n) is 37.2. The molecule has 2 aliphatic rings. The first-order chi connectivity index (χ1) is 31.2. The lowest BCUT2D eigenvalue weighted by molar-refractivity contribution is 0.0940. The minimum absolute atomic E-state index is 0.120. The summed E-state index contributed by atoms with van der Waals surface area (Å²) in [6.45, 7) is 10.8. The number of amides is 4. The molecule has 0 radical (unpaired) electrons. The molecule has 340 valence electrons. The molecule has 20 nitrogen and oxygen atoms in total. The molecule has 0 unspecified atom stereocenters. The monoisotopic (exact) mass is 898 g/mol. The van der Waals surface area contributed by atoms with E-state index in [-0.39, 0.29) is 47.6 Å². The van der Waals surface area contributed by atoms with Gasteiger partial charge < -0.3 is 50.8 Å². The molecule has 0 saturated heterocycles. The molecule has 8 N–H and O–H groups in total. The van der Waals surface area contributed by atoms with E-state index in [4.69, 9.17) is 30.0 Å². The van der Waals surface area contributed by atoms with Gasteiger partial charge in [-0.1, -0.05) is 47.8 Å². The van der Waals surface area contributed by atoms with E-state index in [0.29, 0.717) is 68.3 Å². The third-order valence-electron chi connectivity index (χ3n) is 10.7. The fourth-order valence-corrected chi connectivity index (χ4v) is 7.24. The van der Waals surface area contributed by atoms with E-state index < -0.39 is 34.8 Å². The number of hydrogen-bond acceptors (Lipinski definition) is 14. The van der Waals surface area contributed by atoms with Crippen LogP contribution in [0.3, 0.4) is 0 Å². The summed E-state index contributed by atoms with van der Waals surface area (Å²) < 4.78 is 24.9. The highest BCUT2D eigenvalue weighted by Gasteiger charge is 2.35.